The van der Waals surface area contributed by atoms with E-state index in [9.17, 15) is 5.11 Å². The Balaban J connectivity index is 1.58. The minimum Gasteiger partial charge on any atom is -0.490 e. The molecule has 1 aromatic carbocycles. The van der Waals surface area contributed by atoms with Crippen LogP contribution < -0.4 is 9.47 Å². The van der Waals surface area contributed by atoms with Crippen LogP contribution in [0.5, 0.6) is 11.5 Å². The fourth-order valence-corrected chi connectivity index (χ4v) is 4.26. The van der Waals surface area contributed by atoms with Gasteiger partial charge in [0.1, 0.15) is 0 Å². The van der Waals surface area contributed by atoms with Crippen LogP contribution in [0.4, 0.5) is 0 Å². The highest BCUT2D eigenvalue weighted by molar-refractivity contribution is 7.99. The van der Waals surface area contributed by atoms with E-state index >= 15 is 0 Å². The van der Waals surface area contributed by atoms with Crippen molar-refractivity contribution in [3.63, 3.8) is 0 Å². The zero-order chi connectivity index (χ0) is 14.5. The van der Waals surface area contributed by atoms with Crippen molar-refractivity contribution >= 4 is 11.8 Å². The summed E-state index contributed by atoms with van der Waals surface area (Å²) in [7, 11) is 0. The van der Waals surface area contributed by atoms with Gasteiger partial charge in [0.15, 0.2) is 11.5 Å². The van der Waals surface area contributed by atoms with Gasteiger partial charge in [0.2, 0.25) is 0 Å². The lowest BCUT2D eigenvalue weighted by Crippen LogP contribution is -2.11. The van der Waals surface area contributed by atoms with Crippen LogP contribution in [0.3, 0.4) is 0 Å². The monoisotopic (exact) mass is 308 g/mol. The molecule has 0 bridgehead atoms. The molecule has 4 heteroatoms. The van der Waals surface area contributed by atoms with Crippen LogP contribution in [-0.4, -0.2) is 29.3 Å². The van der Waals surface area contributed by atoms with Gasteiger partial charge in [-0.15, -0.1) is 0 Å². The van der Waals surface area contributed by atoms with Crippen LogP contribution >= 0.6 is 11.8 Å². The lowest BCUT2D eigenvalue weighted by molar-refractivity contribution is 0.203. The number of aliphatic hydroxyl groups is 1. The number of fused-ring (bicyclic) bond motifs is 1. The lowest BCUT2D eigenvalue weighted by atomic mass is 10.0. The third-order valence-electron chi connectivity index (χ3n) is 4.20. The van der Waals surface area contributed by atoms with Gasteiger partial charge in [-0.25, -0.2) is 0 Å². The zero-order valence-corrected chi connectivity index (χ0v) is 13.2. The molecule has 1 atom stereocenters. The topological polar surface area (TPSA) is 38.7 Å². The average Bonchev–Trinajstić information content (AvgIpc) is 2.78. The predicted molar refractivity (Wildman–Crippen MR) is 86.3 cm³/mol. The molecule has 1 fully saturated rings. The molecule has 0 spiro atoms. The molecule has 0 aromatic heterocycles. The third-order valence-corrected chi connectivity index (χ3v) is 5.65. The Bertz CT molecular complexity index is 457. The van der Waals surface area contributed by atoms with E-state index < -0.39 is 6.10 Å². The molecule has 21 heavy (non-hydrogen) atoms. The number of hydrogen-bond acceptors (Lipinski definition) is 4. The molecule has 3 rings (SSSR count). The molecule has 0 radical (unpaired) electrons. The van der Waals surface area contributed by atoms with E-state index in [1.54, 1.807) is 0 Å². The highest BCUT2D eigenvalue weighted by atomic mass is 32.2. The summed E-state index contributed by atoms with van der Waals surface area (Å²) >= 11 is 1.92. The summed E-state index contributed by atoms with van der Waals surface area (Å²) in [6, 6.07) is 5.82. The standard InChI is InChI=1S/C17H24O3S/c18-15(12-21-14-5-2-1-3-6-14)13-7-8-16-17(11-13)20-10-4-9-19-16/h7-8,11,14-15,18H,1-6,9-10,12H2. The van der Waals surface area contributed by atoms with E-state index in [-0.39, 0.29) is 0 Å². The summed E-state index contributed by atoms with van der Waals surface area (Å²) in [4.78, 5) is 0. The van der Waals surface area contributed by atoms with Crippen molar-refractivity contribution in [1.29, 1.82) is 0 Å². The van der Waals surface area contributed by atoms with Crippen molar-refractivity contribution < 1.29 is 14.6 Å². The van der Waals surface area contributed by atoms with E-state index in [1.165, 1.54) is 32.1 Å². The maximum absolute atomic E-state index is 10.4. The second kappa shape index (κ2) is 7.41. The molecule has 1 aromatic rings. The fraction of sp³-hybridized carbons (Fsp3) is 0.647. The molecule has 1 aliphatic carbocycles. The second-order valence-corrected chi connectivity index (χ2v) is 7.20. The van der Waals surface area contributed by atoms with Crippen molar-refractivity contribution in [2.75, 3.05) is 19.0 Å². The first-order chi connectivity index (χ1) is 10.3. The van der Waals surface area contributed by atoms with Gasteiger partial charge in [-0.1, -0.05) is 25.3 Å². The summed E-state index contributed by atoms with van der Waals surface area (Å²) in [6.45, 7) is 1.38. The summed E-state index contributed by atoms with van der Waals surface area (Å²) in [6.07, 6.45) is 7.16. The highest BCUT2D eigenvalue weighted by Crippen LogP contribution is 2.35. The molecular formula is C17H24O3S. The number of ether oxygens (including phenoxy) is 2. The maximum atomic E-state index is 10.4. The average molecular weight is 308 g/mol. The highest BCUT2D eigenvalue weighted by Gasteiger charge is 2.18. The Hall–Kier alpha value is -0.870. The van der Waals surface area contributed by atoms with Crippen molar-refractivity contribution in [2.45, 2.75) is 49.9 Å². The Morgan fingerprint density at radius 2 is 1.81 bits per heavy atom. The summed E-state index contributed by atoms with van der Waals surface area (Å²) in [5, 5.41) is 11.1. The quantitative estimate of drug-likeness (QED) is 0.914. The molecule has 1 heterocycles. The van der Waals surface area contributed by atoms with E-state index in [0.29, 0.717) is 13.2 Å². The Labute approximate surface area is 131 Å². The van der Waals surface area contributed by atoms with Crippen molar-refractivity contribution in [1.82, 2.24) is 0 Å². The molecule has 116 valence electrons. The first kappa shape index (κ1) is 15.0. The minimum atomic E-state index is -0.422. The first-order valence-electron chi connectivity index (χ1n) is 8.02. The van der Waals surface area contributed by atoms with Crippen LogP contribution in [-0.2, 0) is 0 Å². The summed E-state index contributed by atoms with van der Waals surface area (Å²) < 4.78 is 11.3. The number of rotatable bonds is 4. The predicted octanol–water partition coefficient (Wildman–Crippen LogP) is 3.95. The van der Waals surface area contributed by atoms with E-state index in [2.05, 4.69) is 0 Å². The molecule has 1 N–H and O–H groups in total. The van der Waals surface area contributed by atoms with Crippen LogP contribution in [0.1, 0.15) is 50.2 Å². The van der Waals surface area contributed by atoms with Gasteiger partial charge in [-0.05, 0) is 30.5 Å². The molecule has 2 aliphatic rings. The number of aliphatic hydroxyl groups excluding tert-OH is 1. The Morgan fingerprint density at radius 3 is 2.62 bits per heavy atom. The summed E-state index contributed by atoms with van der Waals surface area (Å²) in [5.74, 6) is 2.33. The van der Waals surface area contributed by atoms with Crippen LogP contribution in [0, 0.1) is 0 Å². The third kappa shape index (κ3) is 4.07. The van der Waals surface area contributed by atoms with Crippen LogP contribution in [0.25, 0.3) is 0 Å². The molecule has 1 saturated carbocycles. The molecule has 3 nitrogen and oxygen atoms in total. The number of thioether (sulfide) groups is 1. The number of hydrogen-bond donors (Lipinski definition) is 1. The Kier molecular flexibility index (Phi) is 5.31. The van der Waals surface area contributed by atoms with Crippen LogP contribution in [0.2, 0.25) is 0 Å². The molecule has 1 aliphatic heterocycles. The van der Waals surface area contributed by atoms with Gasteiger partial charge in [-0.2, -0.15) is 11.8 Å². The van der Waals surface area contributed by atoms with Gasteiger partial charge in [0, 0.05) is 17.4 Å². The normalized spacial score (nSPS) is 20.8. The van der Waals surface area contributed by atoms with E-state index in [1.807, 2.05) is 30.0 Å². The smallest absolute Gasteiger partial charge is 0.161 e. The largest absolute Gasteiger partial charge is 0.490 e. The first-order valence-corrected chi connectivity index (χ1v) is 9.07. The minimum absolute atomic E-state index is 0.422. The number of benzene rings is 1. The van der Waals surface area contributed by atoms with Gasteiger partial charge in [0.25, 0.3) is 0 Å². The molecule has 1 unspecified atom stereocenters. The van der Waals surface area contributed by atoms with Gasteiger partial charge in [0.05, 0.1) is 19.3 Å². The van der Waals surface area contributed by atoms with Crippen molar-refractivity contribution in [2.24, 2.45) is 0 Å². The van der Waals surface area contributed by atoms with E-state index in [4.69, 9.17) is 9.47 Å². The van der Waals surface area contributed by atoms with Gasteiger partial charge >= 0.3 is 0 Å². The SMILES string of the molecule is OC(CSC1CCCCC1)c1ccc2c(c1)OCCCO2. The van der Waals surface area contributed by atoms with Crippen molar-refractivity contribution in [3.8, 4) is 11.5 Å². The van der Waals surface area contributed by atoms with Gasteiger partial charge in [-0.3, -0.25) is 0 Å². The fourth-order valence-electron chi connectivity index (χ4n) is 2.94. The lowest BCUT2D eigenvalue weighted by Gasteiger charge is -2.22. The zero-order valence-electron chi connectivity index (χ0n) is 12.4. The second-order valence-electron chi connectivity index (χ2n) is 5.87. The van der Waals surface area contributed by atoms with Crippen molar-refractivity contribution in [3.05, 3.63) is 23.8 Å². The molecule has 0 amide bonds. The summed E-state index contributed by atoms with van der Waals surface area (Å²) in [5.41, 5.74) is 0.933. The molecule has 0 saturated heterocycles. The van der Waals surface area contributed by atoms with Gasteiger partial charge < -0.3 is 14.6 Å². The van der Waals surface area contributed by atoms with Crippen LogP contribution in [0.15, 0.2) is 18.2 Å². The Morgan fingerprint density at radius 1 is 1.05 bits per heavy atom. The van der Waals surface area contributed by atoms with E-state index in [0.717, 1.165) is 34.5 Å². The maximum Gasteiger partial charge on any atom is 0.161 e. The molecular weight excluding hydrogens is 284 g/mol.